The Labute approximate surface area is 128 Å². The molecule has 112 valence electrons. The molecule has 0 aliphatic heterocycles. The van der Waals surface area contributed by atoms with Crippen molar-refractivity contribution >= 4 is 17.4 Å². The number of methoxy groups -OCH3 is 1. The number of nitrogen functional groups attached to an aromatic ring is 1. The van der Waals surface area contributed by atoms with Crippen molar-refractivity contribution in [3.05, 3.63) is 42.2 Å². The fourth-order valence-corrected chi connectivity index (χ4v) is 2.62. The van der Waals surface area contributed by atoms with Gasteiger partial charge < -0.3 is 15.2 Å². The van der Waals surface area contributed by atoms with Crippen molar-refractivity contribution in [1.29, 1.82) is 0 Å². The summed E-state index contributed by atoms with van der Waals surface area (Å²) < 4.78 is 24.4. The highest BCUT2D eigenvalue weighted by Gasteiger charge is 2.11. The monoisotopic (exact) mass is 307 g/mol. The highest BCUT2D eigenvalue weighted by molar-refractivity contribution is 7.99. The fourth-order valence-electron chi connectivity index (χ4n) is 1.75. The van der Waals surface area contributed by atoms with Crippen LogP contribution in [0.3, 0.4) is 0 Å². The predicted octanol–water partition coefficient (Wildman–Crippen LogP) is 4.35. The molecule has 0 unspecified atom stereocenters. The second kappa shape index (κ2) is 6.72. The summed E-state index contributed by atoms with van der Waals surface area (Å²) in [5.74, 6) is 0.561. The van der Waals surface area contributed by atoms with Gasteiger partial charge in [-0.3, -0.25) is 0 Å². The Morgan fingerprint density at radius 1 is 1.14 bits per heavy atom. The van der Waals surface area contributed by atoms with Crippen molar-refractivity contribution in [3.8, 4) is 11.5 Å². The molecule has 0 heterocycles. The number of ether oxygens (including phenoxy) is 2. The molecule has 2 rings (SSSR count). The molecule has 2 aromatic rings. The third-order valence-electron chi connectivity index (χ3n) is 2.71. The minimum atomic E-state index is -0.444. The molecule has 0 aliphatic carbocycles. The molecule has 0 aromatic heterocycles. The van der Waals surface area contributed by atoms with Crippen molar-refractivity contribution in [2.24, 2.45) is 0 Å². The van der Waals surface area contributed by atoms with E-state index in [0.29, 0.717) is 5.69 Å². The highest BCUT2D eigenvalue weighted by Crippen LogP contribution is 2.36. The van der Waals surface area contributed by atoms with Gasteiger partial charge in [-0.25, -0.2) is 4.39 Å². The molecule has 0 amide bonds. The first kappa shape index (κ1) is 15.5. The van der Waals surface area contributed by atoms with Crippen molar-refractivity contribution in [1.82, 2.24) is 0 Å². The van der Waals surface area contributed by atoms with Gasteiger partial charge in [0.1, 0.15) is 5.75 Å². The number of halogens is 1. The average Bonchev–Trinajstić information content (AvgIpc) is 2.44. The standard InChI is InChI=1S/C16H18FNO2S/c1-10(2)20-15-9-16(14(18)8-13(15)17)21-12-6-4-11(19-3)5-7-12/h4-10H,18H2,1-3H3. The van der Waals surface area contributed by atoms with Crippen molar-refractivity contribution < 1.29 is 13.9 Å². The van der Waals surface area contributed by atoms with E-state index in [1.54, 1.807) is 13.2 Å². The van der Waals surface area contributed by atoms with Crippen LogP contribution in [0.2, 0.25) is 0 Å². The summed E-state index contributed by atoms with van der Waals surface area (Å²) in [6, 6.07) is 10.5. The van der Waals surface area contributed by atoms with Crippen molar-refractivity contribution in [2.45, 2.75) is 29.7 Å². The van der Waals surface area contributed by atoms with Crippen molar-refractivity contribution in [2.75, 3.05) is 12.8 Å². The van der Waals surface area contributed by atoms with Gasteiger partial charge in [-0.1, -0.05) is 11.8 Å². The van der Waals surface area contributed by atoms with E-state index in [0.717, 1.165) is 15.5 Å². The SMILES string of the molecule is COc1ccc(Sc2cc(OC(C)C)c(F)cc2N)cc1. The van der Waals surface area contributed by atoms with Crippen LogP contribution in [-0.2, 0) is 0 Å². The summed E-state index contributed by atoms with van der Waals surface area (Å²) in [7, 11) is 1.62. The quantitative estimate of drug-likeness (QED) is 0.834. The lowest BCUT2D eigenvalue weighted by Crippen LogP contribution is -2.07. The predicted molar refractivity (Wildman–Crippen MR) is 83.7 cm³/mol. The van der Waals surface area contributed by atoms with Crippen LogP contribution in [0.5, 0.6) is 11.5 Å². The minimum Gasteiger partial charge on any atom is -0.497 e. The molecule has 2 N–H and O–H groups in total. The van der Waals surface area contributed by atoms with E-state index >= 15 is 0 Å². The summed E-state index contributed by atoms with van der Waals surface area (Å²) >= 11 is 1.46. The molecule has 0 saturated carbocycles. The molecular weight excluding hydrogens is 289 g/mol. The number of benzene rings is 2. The maximum atomic E-state index is 13.8. The van der Waals surface area contributed by atoms with Gasteiger partial charge >= 0.3 is 0 Å². The lowest BCUT2D eigenvalue weighted by atomic mass is 10.3. The zero-order valence-electron chi connectivity index (χ0n) is 12.2. The van der Waals surface area contributed by atoms with Gasteiger partial charge in [0.25, 0.3) is 0 Å². The van der Waals surface area contributed by atoms with Gasteiger partial charge in [-0.15, -0.1) is 0 Å². The molecule has 0 aliphatic rings. The summed E-state index contributed by atoms with van der Waals surface area (Å²) in [6.07, 6.45) is -0.0954. The molecule has 0 saturated heterocycles. The van der Waals surface area contributed by atoms with E-state index in [9.17, 15) is 4.39 Å². The third-order valence-corrected chi connectivity index (χ3v) is 3.80. The number of rotatable bonds is 5. The van der Waals surface area contributed by atoms with Crippen LogP contribution < -0.4 is 15.2 Å². The molecule has 0 radical (unpaired) electrons. The Bertz CT molecular complexity index is 614. The van der Waals surface area contributed by atoms with Gasteiger partial charge in [0.2, 0.25) is 0 Å². The van der Waals surface area contributed by atoms with Crippen LogP contribution in [0.4, 0.5) is 10.1 Å². The van der Waals surface area contributed by atoms with E-state index < -0.39 is 5.82 Å². The average molecular weight is 307 g/mol. The smallest absolute Gasteiger partial charge is 0.167 e. The van der Waals surface area contributed by atoms with Gasteiger partial charge in [-0.2, -0.15) is 0 Å². The summed E-state index contributed by atoms with van der Waals surface area (Å²) in [5.41, 5.74) is 6.28. The fraction of sp³-hybridized carbons (Fsp3) is 0.250. The topological polar surface area (TPSA) is 44.5 Å². The second-order valence-electron chi connectivity index (χ2n) is 4.76. The largest absolute Gasteiger partial charge is 0.497 e. The second-order valence-corrected chi connectivity index (χ2v) is 5.88. The zero-order chi connectivity index (χ0) is 15.4. The summed E-state index contributed by atoms with van der Waals surface area (Å²) in [4.78, 5) is 1.75. The Morgan fingerprint density at radius 2 is 1.81 bits per heavy atom. The summed E-state index contributed by atoms with van der Waals surface area (Å²) in [6.45, 7) is 3.71. The van der Waals surface area contributed by atoms with Crippen molar-refractivity contribution in [3.63, 3.8) is 0 Å². The van der Waals surface area contributed by atoms with E-state index in [2.05, 4.69) is 0 Å². The van der Waals surface area contributed by atoms with Crippen LogP contribution in [0.1, 0.15) is 13.8 Å². The number of anilines is 1. The third kappa shape index (κ3) is 4.04. The van der Waals surface area contributed by atoms with E-state index in [4.69, 9.17) is 15.2 Å². The number of nitrogens with two attached hydrogens (primary N) is 1. The Kier molecular flexibility index (Phi) is 4.96. The molecule has 0 bridgehead atoms. The maximum Gasteiger partial charge on any atom is 0.167 e. The van der Waals surface area contributed by atoms with Crippen LogP contribution in [0.25, 0.3) is 0 Å². The molecule has 21 heavy (non-hydrogen) atoms. The first-order valence-electron chi connectivity index (χ1n) is 6.57. The minimum absolute atomic E-state index is 0.0954. The Balaban J connectivity index is 2.25. The van der Waals surface area contributed by atoms with Gasteiger partial charge in [0.05, 0.1) is 13.2 Å². The van der Waals surface area contributed by atoms with Gasteiger partial charge in [0.15, 0.2) is 11.6 Å². The molecule has 0 spiro atoms. The Morgan fingerprint density at radius 3 is 2.38 bits per heavy atom. The molecule has 5 heteroatoms. The number of hydrogen-bond donors (Lipinski definition) is 1. The zero-order valence-corrected chi connectivity index (χ0v) is 13.0. The van der Waals surface area contributed by atoms with E-state index in [1.165, 1.54) is 17.8 Å². The normalized spacial score (nSPS) is 10.7. The molecular formula is C16H18FNO2S. The molecule has 3 nitrogen and oxygen atoms in total. The van der Waals surface area contributed by atoms with E-state index in [1.807, 2.05) is 38.1 Å². The molecule has 0 atom stereocenters. The summed E-state index contributed by atoms with van der Waals surface area (Å²) in [5, 5.41) is 0. The van der Waals surface area contributed by atoms with Gasteiger partial charge in [0, 0.05) is 21.5 Å². The Hall–Kier alpha value is -1.88. The molecule has 0 fully saturated rings. The first-order chi connectivity index (χ1) is 9.99. The molecule has 2 aromatic carbocycles. The van der Waals surface area contributed by atoms with E-state index in [-0.39, 0.29) is 11.9 Å². The van der Waals surface area contributed by atoms with Crippen LogP contribution in [0, 0.1) is 5.82 Å². The van der Waals surface area contributed by atoms with Crippen LogP contribution in [-0.4, -0.2) is 13.2 Å². The maximum absolute atomic E-state index is 13.8. The lowest BCUT2D eigenvalue weighted by Gasteiger charge is -2.13. The van der Waals surface area contributed by atoms with Gasteiger partial charge in [-0.05, 0) is 44.2 Å². The number of hydrogen-bond acceptors (Lipinski definition) is 4. The lowest BCUT2D eigenvalue weighted by molar-refractivity contribution is 0.230. The van der Waals surface area contributed by atoms with Crippen LogP contribution in [0.15, 0.2) is 46.2 Å². The highest BCUT2D eigenvalue weighted by atomic mass is 32.2. The first-order valence-corrected chi connectivity index (χ1v) is 7.39. The van der Waals surface area contributed by atoms with Crippen LogP contribution >= 0.6 is 11.8 Å².